The zero-order valence-corrected chi connectivity index (χ0v) is 13.8. The van der Waals surface area contributed by atoms with Crippen LogP contribution in [-0.2, 0) is 16.1 Å². The summed E-state index contributed by atoms with van der Waals surface area (Å²) in [5.41, 5.74) is 1.86. The predicted molar refractivity (Wildman–Crippen MR) is 83.2 cm³/mol. The van der Waals surface area contributed by atoms with Crippen molar-refractivity contribution in [3.63, 3.8) is 0 Å². The fourth-order valence-electron chi connectivity index (χ4n) is 3.65. The lowest BCUT2D eigenvalue weighted by Gasteiger charge is -2.43. The molecule has 0 spiro atoms. The van der Waals surface area contributed by atoms with E-state index < -0.39 is 12.0 Å². The number of hydrogen-bond donors (Lipinski definition) is 1. The number of aliphatic carboxylic acids is 1. The number of aryl methyl sites for hydroxylation is 2. The average molecular weight is 323 g/mol. The molecule has 2 aliphatic rings. The minimum Gasteiger partial charge on any atom is -0.480 e. The van der Waals surface area contributed by atoms with Crippen molar-refractivity contribution in [3.8, 4) is 0 Å². The molecule has 0 saturated carbocycles. The number of hydrogen-bond acceptors (Lipinski definition) is 6. The second-order valence-corrected chi connectivity index (χ2v) is 6.45. The van der Waals surface area contributed by atoms with E-state index in [9.17, 15) is 9.90 Å². The lowest BCUT2D eigenvalue weighted by Crippen LogP contribution is -2.54. The van der Waals surface area contributed by atoms with E-state index >= 15 is 0 Å². The van der Waals surface area contributed by atoms with Gasteiger partial charge in [0.1, 0.15) is 11.8 Å². The van der Waals surface area contributed by atoms with Crippen molar-refractivity contribution in [2.45, 2.75) is 45.3 Å². The van der Waals surface area contributed by atoms with Gasteiger partial charge in [0.25, 0.3) is 0 Å². The first-order valence-corrected chi connectivity index (χ1v) is 8.26. The van der Waals surface area contributed by atoms with E-state index in [0.717, 1.165) is 56.3 Å². The van der Waals surface area contributed by atoms with E-state index in [-0.39, 0.29) is 0 Å². The SMILES string of the molecule is Cc1noc(C)c1CN1CC[C@@H](N2CCOCC2)C[C@@H]1C(=O)O. The molecule has 3 heterocycles. The van der Waals surface area contributed by atoms with Crippen molar-refractivity contribution < 1.29 is 19.2 Å². The minimum absolute atomic E-state index is 0.334. The highest BCUT2D eigenvalue weighted by Gasteiger charge is 2.36. The fraction of sp³-hybridized carbons (Fsp3) is 0.750. The third kappa shape index (κ3) is 3.57. The second-order valence-electron chi connectivity index (χ2n) is 6.45. The highest BCUT2D eigenvalue weighted by Crippen LogP contribution is 2.26. The molecule has 0 bridgehead atoms. The van der Waals surface area contributed by atoms with E-state index in [0.29, 0.717) is 19.0 Å². The number of carboxylic acids is 1. The first kappa shape index (κ1) is 16.4. The van der Waals surface area contributed by atoms with Gasteiger partial charge in [0, 0.05) is 37.8 Å². The molecule has 2 aliphatic heterocycles. The van der Waals surface area contributed by atoms with Crippen LogP contribution < -0.4 is 0 Å². The van der Waals surface area contributed by atoms with E-state index in [1.165, 1.54) is 0 Å². The van der Waals surface area contributed by atoms with E-state index in [4.69, 9.17) is 9.26 Å². The van der Waals surface area contributed by atoms with E-state index in [1.54, 1.807) is 0 Å². The smallest absolute Gasteiger partial charge is 0.320 e. The Labute approximate surface area is 136 Å². The molecular formula is C16H25N3O4. The second kappa shape index (κ2) is 6.98. The van der Waals surface area contributed by atoms with Gasteiger partial charge in [-0.15, -0.1) is 0 Å². The van der Waals surface area contributed by atoms with Crippen molar-refractivity contribution in [3.05, 3.63) is 17.0 Å². The Morgan fingerprint density at radius 1 is 1.30 bits per heavy atom. The quantitative estimate of drug-likeness (QED) is 0.887. The predicted octanol–water partition coefficient (Wildman–Crippen LogP) is 1.04. The summed E-state index contributed by atoms with van der Waals surface area (Å²) in [6, 6.07) is -0.119. The molecule has 1 aromatic heterocycles. The molecular weight excluding hydrogens is 298 g/mol. The van der Waals surface area contributed by atoms with Crippen LogP contribution in [-0.4, -0.2) is 71.0 Å². The lowest BCUT2D eigenvalue weighted by molar-refractivity contribution is -0.146. The summed E-state index contributed by atoms with van der Waals surface area (Å²) in [5.74, 6) is 0.0386. The Morgan fingerprint density at radius 3 is 2.65 bits per heavy atom. The maximum absolute atomic E-state index is 11.8. The number of piperidine rings is 1. The summed E-state index contributed by atoms with van der Waals surface area (Å²) in [6.45, 7) is 8.46. The molecule has 0 aliphatic carbocycles. The van der Waals surface area contributed by atoms with Crippen LogP contribution in [0.1, 0.15) is 29.9 Å². The van der Waals surface area contributed by atoms with Gasteiger partial charge in [0.2, 0.25) is 0 Å². The van der Waals surface area contributed by atoms with Crippen LogP contribution in [0.4, 0.5) is 0 Å². The van der Waals surface area contributed by atoms with Crippen LogP contribution in [0.25, 0.3) is 0 Å². The van der Waals surface area contributed by atoms with Crippen LogP contribution in [0.3, 0.4) is 0 Å². The number of morpholine rings is 1. The van der Waals surface area contributed by atoms with Crippen LogP contribution in [0, 0.1) is 13.8 Å². The first-order chi connectivity index (χ1) is 11.1. The Kier molecular flexibility index (Phi) is 4.99. The van der Waals surface area contributed by atoms with Gasteiger partial charge in [-0.1, -0.05) is 5.16 Å². The van der Waals surface area contributed by atoms with Crippen molar-refractivity contribution >= 4 is 5.97 Å². The summed E-state index contributed by atoms with van der Waals surface area (Å²) in [6.07, 6.45) is 1.66. The van der Waals surface area contributed by atoms with Gasteiger partial charge >= 0.3 is 5.97 Å². The molecule has 0 unspecified atom stereocenters. The molecule has 128 valence electrons. The fourth-order valence-corrected chi connectivity index (χ4v) is 3.65. The van der Waals surface area contributed by atoms with Crippen LogP contribution in [0.15, 0.2) is 4.52 Å². The highest BCUT2D eigenvalue weighted by atomic mass is 16.5. The molecule has 0 radical (unpaired) electrons. The Hall–Kier alpha value is -1.44. The first-order valence-electron chi connectivity index (χ1n) is 8.26. The van der Waals surface area contributed by atoms with E-state index in [2.05, 4.69) is 10.1 Å². The lowest BCUT2D eigenvalue weighted by atomic mass is 9.94. The van der Waals surface area contributed by atoms with Gasteiger partial charge in [-0.25, -0.2) is 0 Å². The van der Waals surface area contributed by atoms with Crippen LogP contribution >= 0.6 is 0 Å². The van der Waals surface area contributed by atoms with Gasteiger partial charge in [0.15, 0.2) is 0 Å². The maximum atomic E-state index is 11.8. The van der Waals surface area contributed by atoms with Gasteiger partial charge < -0.3 is 14.4 Å². The maximum Gasteiger partial charge on any atom is 0.320 e. The normalized spacial score (nSPS) is 27.2. The molecule has 2 fully saturated rings. The Balaban J connectivity index is 1.69. The molecule has 2 saturated heterocycles. The summed E-state index contributed by atoms with van der Waals surface area (Å²) in [4.78, 5) is 16.2. The largest absolute Gasteiger partial charge is 0.480 e. The number of rotatable bonds is 4. The van der Waals surface area contributed by atoms with Gasteiger partial charge in [-0.3, -0.25) is 14.6 Å². The van der Waals surface area contributed by atoms with Crippen LogP contribution in [0.5, 0.6) is 0 Å². The van der Waals surface area contributed by atoms with Crippen molar-refractivity contribution in [1.82, 2.24) is 15.0 Å². The summed E-state index contributed by atoms with van der Waals surface area (Å²) < 4.78 is 10.6. The standard InChI is InChI=1S/C16H25N3O4/c1-11-14(12(2)23-17-11)10-19-4-3-13(9-15(19)16(20)21)18-5-7-22-8-6-18/h13,15H,3-10H2,1-2H3,(H,20,21)/t13-,15-/m1/s1. The average Bonchev–Trinajstić information content (AvgIpc) is 2.88. The molecule has 7 nitrogen and oxygen atoms in total. The Morgan fingerprint density at radius 2 is 2.04 bits per heavy atom. The zero-order chi connectivity index (χ0) is 16.4. The van der Waals surface area contributed by atoms with Gasteiger partial charge in [0.05, 0.1) is 18.9 Å². The molecule has 7 heteroatoms. The number of ether oxygens (including phenoxy) is 1. The number of carbonyl (C=O) groups is 1. The van der Waals surface area contributed by atoms with Gasteiger partial charge in [-0.05, 0) is 26.7 Å². The third-order valence-electron chi connectivity index (χ3n) is 5.08. The van der Waals surface area contributed by atoms with E-state index in [1.807, 2.05) is 18.7 Å². The third-order valence-corrected chi connectivity index (χ3v) is 5.08. The Bertz CT molecular complexity index is 534. The number of carboxylic acid groups (broad SMARTS) is 1. The minimum atomic E-state index is -0.741. The van der Waals surface area contributed by atoms with Crippen molar-refractivity contribution in [1.29, 1.82) is 0 Å². The zero-order valence-electron chi connectivity index (χ0n) is 13.8. The summed E-state index contributed by atoms with van der Waals surface area (Å²) >= 11 is 0. The number of aromatic nitrogens is 1. The molecule has 1 N–H and O–H groups in total. The monoisotopic (exact) mass is 323 g/mol. The molecule has 2 atom stereocenters. The number of likely N-dealkylation sites (tertiary alicyclic amines) is 1. The summed E-state index contributed by atoms with van der Waals surface area (Å²) in [5, 5.41) is 13.6. The van der Waals surface area contributed by atoms with Crippen molar-refractivity contribution in [2.75, 3.05) is 32.8 Å². The van der Waals surface area contributed by atoms with Crippen LogP contribution in [0.2, 0.25) is 0 Å². The van der Waals surface area contributed by atoms with Gasteiger partial charge in [-0.2, -0.15) is 0 Å². The molecule has 1 aromatic rings. The molecule has 3 rings (SSSR count). The molecule has 0 amide bonds. The topological polar surface area (TPSA) is 79.0 Å². The molecule has 0 aromatic carbocycles. The summed E-state index contributed by atoms with van der Waals surface area (Å²) in [7, 11) is 0. The number of nitrogens with zero attached hydrogens (tertiary/aromatic N) is 3. The highest BCUT2D eigenvalue weighted by molar-refractivity contribution is 5.73. The van der Waals surface area contributed by atoms with Crippen molar-refractivity contribution in [2.24, 2.45) is 0 Å². The molecule has 23 heavy (non-hydrogen) atoms.